The van der Waals surface area contributed by atoms with Crippen LogP contribution in [0.15, 0.2) is 0 Å². The first-order chi connectivity index (χ1) is 12.7. The highest BCUT2D eigenvalue weighted by molar-refractivity contribution is 6.02. The molecular weight excluding hydrogens is 356 g/mol. The lowest BCUT2D eigenvalue weighted by atomic mass is 9.80. The number of hydrogen-bond acceptors (Lipinski definition) is 8. The van der Waals surface area contributed by atoms with Crippen LogP contribution in [0.3, 0.4) is 0 Å². The Morgan fingerprint density at radius 3 is 1.37 bits per heavy atom. The summed E-state index contributed by atoms with van der Waals surface area (Å²) in [4.78, 5) is 24.2. The van der Waals surface area contributed by atoms with Gasteiger partial charge in [0.1, 0.15) is 12.2 Å². The fourth-order valence-corrected chi connectivity index (χ4v) is 4.16. The monoisotopic (exact) mass is 388 g/mol. The lowest BCUT2D eigenvalue weighted by Gasteiger charge is -2.31. The van der Waals surface area contributed by atoms with Gasteiger partial charge in [-0.15, -0.1) is 0 Å². The summed E-state index contributed by atoms with van der Waals surface area (Å²) in [5.74, 6) is -1.51. The van der Waals surface area contributed by atoms with Crippen molar-refractivity contribution in [3.8, 4) is 0 Å². The minimum atomic E-state index is -1.33. The predicted octanol–water partition coefficient (Wildman–Crippen LogP) is -0.940. The van der Waals surface area contributed by atoms with Crippen molar-refractivity contribution in [2.75, 3.05) is 0 Å². The van der Waals surface area contributed by atoms with E-state index in [-0.39, 0.29) is 24.7 Å². The molecule has 0 saturated heterocycles. The van der Waals surface area contributed by atoms with E-state index in [2.05, 4.69) is 0 Å². The maximum absolute atomic E-state index is 12.1. The van der Waals surface area contributed by atoms with Crippen molar-refractivity contribution >= 4 is 11.6 Å². The number of carbonyl (C=O) groups is 2. The largest absolute Gasteiger partial charge is 0.390 e. The van der Waals surface area contributed by atoms with E-state index in [1.807, 2.05) is 0 Å². The predicted molar refractivity (Wildman–Crippen MR) is 94.6 cm³/mol. The van der Waals surface area contributed by atoms with E-state index in [4.69, 9.17) is 0 Å². The lowest BCUT2D eigenvalue weighted by molar-refractivity contribution is -0.137. The van der Waals surface area contributed by atoms with Crippen molar-refractivity contribution < 1.29 is 40.2 Å². The summed E-state index contributed by atoms with van der Waals surface area (Å²) in [5.41, 5.74) is 0. The summed E-state index contributed by atoms with van der Waals surface area (Å²) < 4.78 is 0. The molecule has 0 radical (unpaired) electrons. The SMILES string of the molecule is O=C(CC(=O)C(O)CC1CCC(O)C(O)C1)C(O)CC1CCC(O)C(O)C1. The third kappa shape index (κ3) is 6.58. The number of hydrogen-bond donors (Lipinski definition) is 6. The minimum Gasteiger partial charge on any atom is -0.390 e. The highest BCUT2D eigenvalue weighted by atomic mass is 16.3. The smallest absolute Gasteiger partial charge is 0.168 e. The molecule has 0 spiro atoms. The zero-order chi connectivity index (χ0) is 20.1. The molecule has 27 heavy (non-hydrogen) atoms. The zero-order valence-electron chi connectivity index (χ0n) is 15.5. The van der Waals surface area contributed by atoms with Crippen LogP contribution < -0.4 is 0 Å². The van der Waals surface area contributed by atoms with Gasteiger partial charge in [-0.2, -0.15) is 0 Å². The molecular formula is C19H32O8. The van der Waals surface area contributed by atoms with Gasteiger partial charge in [0.2, 0.25) is 0 Å². The average Bonchev–Trinajstić information content (AvgIpc) is 2.61. The third-order valence-electron chi connectivity index (χ3n) is 5.98. The molecule has 8 atom stereocenters. The fraction of sp³-hybridized carbons (Fsp3) is 0.895. The van der Waals surface area contributed by atoms with Crippen LogP contribution in [-0.4, -0.2) is 78.8 Å². The first kappa shape index (κ1) is 22.4. The Morgan fingerprint density at radius 2 is 1.04 bits per heavy atom. The molecule has 2 rings (SSSR count). The second-order valence-corrected chi connectivity index (χ2v) is 8.24. The van der Waals surface area contributed by atoms with Crippen molar-refractivity contribution in [2.24, 2.45) is 11.8 Å². The highest BCUT2D eigenvalue weighted by Gasteiger charge is 2.33. The van der Waals surface area contributed by atoms with Gasteiger partial charge in [0.05, 0.1) is 30.8 Å². The van der Waals surface area contributed by atoms with Crippen LogP contribution in [0.4, 0.5) is 0 Å². The number of aliphatic hydroxyl groups is 6. The van der Waals surface area contributed by atoms with E-state index in [0.717, 1.165) is 0 Å². The molecule has 0 amide bonds. The maximum atomic E-state index is 12.1. The van der Waals surface area contributed by atoms with Gasteiger partial charge in [-0.05, 0) is 63.2 Å². The number of rotatable bonds is 8. The van der Waals surface area contributed by atoms with E-state index in [9.17, 15) is 40.2 Å². The van der Waals surface area contributed by atoms with Crippen LogP contribution in [0, 0.1) is 11.8 Å². The van der Waals surface area contributed by atoms with Gasteiger partial charge in [-0.25, -0.2) is 0 Å². The third-order valence-corrected chi connectivity index (χ3v) is 5.98. The van der Waals surface area contributed by atoms with Crippen molar-refractivity contribution in [3.05, 3.63) is 0 Å². The molecule has 0 bridgehead atoms. The summed E-state index contributed by atoms with van der Waals surface area (Å²) in [6.45, 7) is 0. The summed E-state index contributed by atoms with van der Waals surface area (Å²) in [6.07, 6.45) is -3.64. The molecule has 8 unspecified atom stereocenters. The molecule has 156 valence electrons. The summed E-state index contributed by atoms with van der Waals surface area (Å²) >= 11 is 0. The molecule has 8 heteroatoms. The van der Waals surface area contributed by atoms with Crippen molar-refractivity contribution in [3.63, 3.8) is 0 Å². The Bertz CT molecular complexity index is 466. The molecule has 2 aliphatic rings. The first-order valence-corrected chi connectivity index (χ1v) is 9.81. The molecule has 6 N–H and O–H groups in total. The summed E-state index contributed by atoms with van der Waals surface area (Å²) in [6, 6.07) is 0. The van der Waals surface area contributed by atoms with Crippen molar-refractivity contribution in [2.45, 2.75) is 94.4 Å². The molecule has 0 aromatic carbocycles. The summed E-state index contributed by atoms with van der Waals surface area (Å²) in [7, 11) is 0. The van der Waals surface area contributed by atoms with Gasteiger partial charge in [0.15, 0.2) is 11.6 Å². The van der Waals surface area contributed by atoms with Gasteiger partial charge >= 0.3 is 0 Å². The molecule has 0 aromatic heterocycles. The summed E-state index contributed by atoms with van der Waals surface area (Å²) in [5, 5.41) is 58.4. The van der Waals surface area contributed by atoms with E-state index >= 15 is 0 Å². The molecule has 0 aromatic rings. The Labute approximate surface area is 158 Å². The van der Waals surface area contributed by atoms with Crippen LogP contribution in [0.2, 0.25) is 0 Å². The standard InChI is InChI=1S/C19H32O8/c20-12-3-1-10(5-14(12)22)7-16(24)18(26)9-19(27)17(25)8-11-2-4-13(21)15(23)6-11/h10-17,20-25H,1-9H2. The topological polar surface area (TPSA) is 156 Å². The molecule has 2 fully saturated rings. The van der Waals surface area contributed by atoms with E-state index in [1.165, 1.54) is 0 Å². The van der Waals surface area contributed by atoms with Crippen LogP contribution in [0.25, 0.3) is 0 Å². The van der Waals surface area contributed by atoms with Gasteiger partial charge in [0.25, 0.3) is 0 Å². The molecule has 0 heterocycles. The number of carbonyl (C=O) groups excluding carboxylic acids is 2. The Hall–Kier alpha value is -0.900. The Kier molecular flexibility index (Phi) is 8.33. The quantitative estimate of drug-likeness (QED) is 0.291. The van der Waals surface area contributed by atoms with Gasteiger partial charge in [0, 0.05) is 0 Å². The van der Waals surface area contributed by atoms with E-state index in [0.29, 0.717) is 38.5 Å². The molecule has 0 aliphatic heterocycles. The van der Waals surface area contributed by atoms with Gasteiger partial charge in [-0.3, -0.25) is 9.59 Å². The molecule has 2 saturated carbocycles. The van der Waals surface area contributed by atoms with Crippen LogP contribution >= 0.6 is 0 Å². The average molecular weight is 388 g/mol. The van der Waals surface area contributed by atoms with E-state index in [1.54, 1.807) is 0 Å². The Balaban J connectivity index is 1.74. The van der Waals surface area contributed by atoms with Gasteiger partial charge < -0.3 is 30.6 Å². The van der Waals surface area contributed by atoms with Crippen LogP contribution in [0.5, 0.6) is 0 Å². The van der Waals surface area contributed by atoms with Crippen LogP contribution in [0.1, 0.15) is 57.8 Å². The fourth-order valence-electron chi connectivity index (χ4n) is 4.16. The highest BCUT2D eigenvalue weighted by Crippen LogP contribution is 2.30. The zero-order valence-corrected chi connectivity index (χ0v) is 15.5. The second kappa shape index (κ2) is 10.0. The van der Waals surface area contributed by atoms with E-state index < -0.39 is 54.6 Å². The van der Waals surface area contributed by atoms with Crippen molar-refractivity contribution in [1.29, 1.82) is 0 Å². The second-order valence-electron chi connectivity index (χ2n) is 8.24. The lowest BCUT2D eigenvalue weighted by Crippen LogP contribution is -2.37. The van der Waals surface area contributed by atoms with Crippen molar-refractivity contribution in [1.82, 2.24) is 0 Å². The molecule has 2 aliphatic carbocycles. The van der Waals surface area contributed by atoms with Gasteiger partial charge in [-0.1, -0.05) is 0 Å². The number of ketones is 2. The number of aliphatic hydroxyl groups excluding tert-OH is 6. The first-order valence-electron chi connectivity index (χ1n) is 9.81. The molecule has 8 nitrogen and oxygen atoms in total. The maximum Gasteiger partial charge on any atom is 0.168 e. The minimum absolute atomic E-state index is 0.0995. The number of Topliss-reactive ketones (excluding diaryl/α,β-unsaturated/α-hetero) is 2. The normalized spacial score (nSPS) is 36.8. The Morgan fingerprint density at radius 1 is 0.667 bits per heavy atom. The van der Waals surface area contributed by atoms with Crippen LogP contribution in [-0.2, 0) is 9.59 Å².